The Labute approximate surface area is 122 Å². The van der Waals surface area contributed by atoms with Crippen molar-refractivity contribution in [3.63, 3.8) is 0 Å². The van der Waals surface area contributed by atoms with E-state index in [9.17, 15) is 4.79 Å². The summed E-state index contributed by atoms with van der Waals surface area (Å²) in [5.41, 5.74) is 3.32. The van der Waals surface area contributed by atoms with Crippen molar-refractivity contribution >= 4 is 11.6 Å². The minimum absolute atomic E-state index is 0.145. The summed E-state index contributed by atoms with van der Waals surface area (Å²) in [6, 6.07) is 6.18. The van der Waals surface area contributed by atoms with Gasteiger partial charge in [-0.2, -0.15) is 0 Å². The van der Waals surface area contributed by atoms with E-state index in [1.54, 1.807) is 4.90 Å². The van der Waals surface area contributed by atoms with Crippen molar-refractivity contribution < 1.29 is 9.69 Å². The van der Waals surface area contributed by atoms with Crippen molar-refractivity contribution in [1.82, 2.24) is 0 Å². The number of nitrogens with one attached hydrogen (secondary N) is 2. The van der Waals surface area contributed by atoms with Gasteiger partial charge in [0.05, 0.1) is 26.1 Å². The van der Waals surface area contributed by atoms with E-state index >= 15 is 0 Å². The second kappa shape index (κ2) is 7.44. The van der Waals surface area contributed by atoms with E-state index in [0.29, 0.717) is 6.42 Å². The Hall–Kier alpha value is -1.35. The fraction of sp³-hybridized carbons (Fsp3) is 0.588. The van der Waals surface area contributed by atoms with Crippen LogP contribution in [0.5, 0.6) is 0 Å². The van der Waals surface area contributed by atoms with Gasteiger partial charge in [-0.05, 0) is 62.8 Å². The van der Waals surface area contributed by atoms with E-state index in [1.807, 2.05) is 12.1 Å². The van der Waals surface area contributed by atoms with Crippen LogP contribution in [0.3, 0.4) is 0 Å². The first-order chi connectivity index (χ1) is 9.63. The molecular weight excluding hydrogens is 248 g/mol. The van der Waals surface area contributed by atoms with Crippen LogP contribution in [-0.2, 0) is 4.79 Å². The number of hydrogen-bond acceptors (Lipinski definition) is 1. The smallest absolute Gasteiger partial charge is 0.230 e. The van der Waals surface area contributed by atoms with Crippen LogP contribution in [0.25, 0.3) is 0 Å². The van der Waals surface area contributed by atoms with Gasteiger partial charge in [-0.15, -0.1) is 0 Å². The van der Waals surface area contributed by atoms with Crippen LogP contribution in [0, 0.1) is 13.8 Å². The third kappa shape index (κ3) is 4.97. The van der Waals surface area contributed by atoms with Gasteiger partial charge in [0.1, 0.15) is 0 Å². The van der Waals surface area contributed by atoms with Crippen molar-refractivity contribution in [2.24, 2.45) is 0 Å². The first-order valence-corrected chi connectivity index (χ1v) is 7.85. The summed E-state index contributed by atoms with van der Waals surface area (Å²) in [5, 5.41) is 3.03. The maximum Gasteiger partial charge on any atom is 0.230 e. The fourth-order valence-electron chi connectivity index (χ4n) is 3.04. The lowest BCUT2D eigenvalue weighted by atomic mass is 10.1. The van der Waals surface area contributed by atoms with Gasteiger partial charge in [-0.3, -0.25) is 4.79 Å². The molecule has 0 spiro atoms. The van der Waals surface area contributed by atoms with Crippen LogP contribution < -0.4 is 10.2 Å². The van der Waals surface area contributed by atoms with E-state index in [4.69, 9.17) is 0 Å². The summed E-state index contributed by atoms with van der Waals surface area (Å²) in [4.78, 5) is 13.6. The summed E-state index contributed by atoms with van der Waals surface area (Å²) in [5.74, 6) is 0.145. The molecule has 3 nitrogen and oxygen atoms in total. The van der Waals surface area contributed by atoms with Gasteiger partial charge in [0.2, 0.25) is 5.91 Å². The van der Waals surface area contributed by atoms with Crippen LogP contribution in [-0.4, -0.2) is 25.5 Å². The van der Waals surface area contributed by atoms with Crippen LogP contribution in [0.15, 0.2) is 18.2 Å². The predicted octanol–water partition coefficient (Wildman–Crippen LogP) is 2.09. The number of rotatable bonds is 4. The van der Waals surface area contributed by atoms with E-state index in [0.717, 1.165) is 12.2 Å². The molecule has 1 heterocycles. The second-order valence-electron chi connectivity index (χ2n) is 6.09. The highest BCUT2D eigenvalue weighted by molar-refractivity contribution is 5.90. The second-order valence-corrected chi connectivity index (χ2v) is 6.09. The Bertz CT molecular complexity index is 428. The van der Waals surface area contributed by atoms with Crippen molar-refractivity contribution in [2.45, 2.75) is 46.0 Å². The molecule has 0 aromatic heterocycles. The Kier molecular flexibility index (Phi) is 5.60. The molecule has 0 saturated carbocycles. The number of amides is 1. The molecule has 1 saturated heterocycles. The summed E-state index contributed by atoms with van der Waals surface area (Å²) in [7, 11) is 0. The molecule has 0 radical (unpaired) electrons. The minimum atomic E-state index is 0.145. The lowest BCUT2D eigenvalue weighted by Gasteiger charge is -2.16. The van der Waals surface area contributed by atoms with E-state index in [1.165, 1.54) is 49.9 Å². The third-order valence-corrected chi connectivity index (χ3v) is 4.02. The molecule has 0 bridgehead atoms. The number of carbonyl (C=O) groups excluding carboxylic acids is 1. The minimum Gasteiger partial charge on any atom is -0.335 e. The van der Waals surface area contributed by atoms with Gasteiger partial charge < -0.3 is 10.2 Å². The largest absolute Gasteiger partial charge is 0.335 e. The number of carbonyl (C=O) groups is 1. The first-order valence-electron chi connectivity index (χ1n) is 7.85. The standard InChI is InChI=1S/C17H26N2O/c1-14-11-15(2)13-16(12-14)18-17(20)7-10-19-8-5-3-4-6-9-19/h11-13H,3-10H2,1-2H3,(H,18,20)/p+1. The SMILES string of the molecule is Cc1cc(C)cc(NC(=O)CC[NH+]2CCCCCC2)c1. The summed E-state index contributed by atoms with van der Waals surface area (Å²) < 4.78 is 0. The number of quaternary nitrogens is 1. The zero-order chi connectivity index (χ0) is 14.4. The van der Waals surface area contributed by atoms with Gasteiger partial charge in [-0.25, -0.2) is 0 Å². The summed E-state index contributed by atoms with van der Waals surface area (Å²) in [6.07, 6.45) is 5.97. The number of benzene rings is 1. The molecule has 110 valence electrons. The highest BCUT2D eigenvalue weighted by atomic mass is 16.1. The van der Waals surface area contributed by atoms with Crippen molar-refractivity contribution in [2.75, 3.05) is 25.0 Å². The number of likely N-dealkylation sites (tertiary alicyclic amines) is 1. The quantitative estimate of drug-likeness (QED) is 0.867. The summed E-state index contributed by atoms with van der Waals surface area (Å²) >= 11 is 0. The number of aryl methyl sites for hydroxylation is 2. The van der Waals surface area contributed by atoms with Gasteiger partial charge in [0.15, 0.2) is 0 Å². The van der Waals surface area contributed by atoms with Crippen molar-refractivity contribution in [3.8, 4) is 0 Å². The Morgan fingerprint density at radius 3 is 2.25 bits per heavy atom. The van der Waals surface area contributed by atoms with E-state index < -0.39 is 0 Å². The molecule has 1 aliphatic heterocycles. The maximum absolute atomic E-state index is 12.0. The Balaban J connectivity index is 1.79. The Morgan fingerprint density at radius 2 is 1.65 bits per heavy atom. The average Bonchev–Trinajstić information content (AvgIpc) is 2.63. The lowest BCUT2D eigenvalue weighted by Crippen LogP contribution is -3.12. The topological polar surface area (TPSA) is 33.5 Å². The van der Waals surface area contributed by atoms with E-state index in [2.05, 4.69) is 25.2 Å². The van der Waals surface area contributed by atoms with E-state index in [-0.39, 0.29) is 5.91 Å². The average molecular weight is 275 g/mol. The highest BCUT2D eigenvalue weighted by Crippen LogP contribution is 2.13. The van der Waals surface area contributed by atoms with Gasteiger partial charge >= 0.3 is 0 Å². The molecule has 1 fully saturated rings. The zero-order valence-corrected chi connectivity index (χ0v) is 12.8. The fourth-order valence-corrected chi connectivity index (χ4v) is 3.04. The molecule has 0 aliphatic carbocycles. The van der Waals surface area contributed by atoms with Crippen LogP contribution >= 0.6 is 0 Å². The van der Waals surface area contributed by atoms with Crippen LogP contribution in [0.2, 0.25) is 0 Å². The molecule has 1 aromatic carbocycles. The van der Waals surface area contributed by atoms with Gasteiger partial charge in [0, 0.05) is 5.69 Å². The number of hydrogen-bond donors (Lipinski definition) is 2. The number of anilines is 1. The molecule has 2 rings (SSSR count). The molecule has 2 N–H and O–H groups in total. The molecule has 0 unspecified atom stereocenters. The van der Waals surface area contributed by atoms with Crippen molar-refractivity contribution in [3.05, 3.63) is 29.3 Å². The molecule has 1 aromatic rings. The monoisotopic (exact) mass is 275 g/mol. The van der Waals surface area contributed by atoms with Gasteiger partial charge in [-0.1, -0.05) is 6.07 Å². The van der Waals surface area contributed by atoms with Crippen LogP contribution in [0.4, 0.5) is 5.69 Å². The van der Waals surface area contributed by atoms with Gasteiger partial charge in [0.25, 0.3) is 0 Å². The van der Waals surface area contributed by atoms with Crippen molar-refractivity contribution in [1.29, 1.82) is 0 Å². The highest BCUT2D eigenvalue weighted by Gasteiger charge is 2.14. The third-order valence-electron chi connectivity index (χ3n) is 4.02. The lowest BCUT2D eigenvalue weighted by molar-refractivity contribution is -0.898. The first kappa shape index (κ1) is 15.0. The molecule has 20 heavy (non-hydrogen) atoms. The molecular formula is C17H27N2O+. The molecule has 1 aliphatic rings. The maximum atomic E-state index is 12.0. The normalized spacial score (nSPS) is 16.7. The van der Waals surface area contributed by atoms with Crippen LogP contribution in [0.1, 0.15) is 43.2 Å². The Morgan fingerprint density at radius 1 is 1.05 bits per heavy atom. The molecule has 3 heteroatoms. The summed E-state index contributed by atoms with van der Waals surface area (Å²) in [6.45, 7) is 7.55. The molecule has 1 amide bonds. The predicted molar refractivity (Wildman–Crippen MR) is 83.2 cm³/mol. The zero-order valence-electron chi connectivity index (χ0n) is 12.8. The molecule has 0 atom stereocenters.